The molecule has 1 aromatic carbocycles. The molecule has 0 aliphatic rings. The van der Waals surface area contributed by atoms with Gasteiger partial charge in [0.25, 0.3) is 0 Å². The quantitative estimate of drug-likeness (QED) is 0.650. The molecule has 0 spiro atoms. The van der Waals surface area contributed by atoms with Crippen molar-refractivity contribution in [1.82, 2.24) is 4.98 Å². The third-order valence-electron chi connectivity index (χ3n) is 2.90. The number of hydrogen-bond donors (Lipinski definition) is 1. The van der Waals surface area contributed by atoms with Crippen LogP contribution in [0.3, 0.4) is 0 Å². The number of ketones is 1. The molecule has 0 fully saturated rings. The van der Waals surface area contributed by atoms with Crippen molar-refractivity contribution < 1.29 is 19.1 Å². The van der Waals surface area contributed by atoms with Gasteiger partial charge < -0.3 is 9.47 Å². The lowest BCUT2D eigenvalue weighted by atomic mass is 10.2. The first-order chi connectivity index (χ1) is 11.0. The zero-order valence-corrected chi connectivity index (χ0v) is 13.8. The molecule has 23 heavy (non-hydrogen) atoms. The van der Waals surface area contributed by atoms with Gasteiger partial charge in [0.2, 0.25) is 5.91 Å². The number of amides is 1. The van der Waals surface area contributed by atoms with Crippen LogP contribution in [0.1, 0.15) is 23.0 Å². The lowest BCUT2D eigenvalue weighted by Crippen LogP contribution is -2.07. The number of ether oxygens (including phenoxy) is 2. The highest BCUT2D eigenvalue weighted by Crippen LogP contribution is 2.23. The Morgan fingerprint density at radius 1 is 1.17 bits per heavy atom. The average molecular weight is 332 g/mol. The van der Waals surface area contributed by atoms with Crippen molar-refractivity contribution in [2.75, 3.05) is 19.5 Å². The van der Waals surface area contributed by atoms with Gasteiger partial charge in [0.15, 0.2) is 10.9 Å². The minimum atomic E-state index is -0.337. The van der Waals surface area contributed by atoms with Crippen molar-refractivity contribution in [3.05, 3.63) is 40.9 Å². The highest BCUT2D eigenvalue weighted by Gasteiger charge is 2.07. The van der Waals surface area contributed by atoms with Gasteiger partial charge in [-0.15, -0.1) is 11.3 Å². The zero-order chi connectivity index (χ0) is 16.8. The second-order valence-electron chi connectivity index (χ2n) is 4.56. The van der Waals surface area contributed by atoms with E-state index in [9.17, 15) is 9.59 Å². The van der Waals surface area contributed by atoms with E-state index in [0.29, 0.717) is 22.3 Å². The van der Waals surface area contributed by atoms with Crippen LogP contribution in [-0.2, 0) is 4.79 Å². The van der Waals surface area contributed by atoms with Crippen LogP contribution in [0.15, 0.2) is 29.7 Å². The van der Waals surface area contributed by atoms with Crippen LogP contribution in [0.2, 0.25) is 0 Å². The van der Waals surface area contributed by atoms with Gasteiger partial charge in [0.1, 0.15) is 17.2 Å². The highest BCUT2D eigenvalue weighted by atomic mass is 32.1. The molecule has 0 radical (unpaired) electrons. The van der Waals surface area contributed by atoms with E-state index >= 15 is 0 Å². The standard InChI is InChI=1S/C16H16N2O4S/c1-10(19)14-9-23-16(17-14)18-15(20)5-4-11-6-12(21-2)8-13(7-11)22-3/h4-9H,1-3H3,(H,17,18,20)/b5-4+. The Hall–Kier alpha value is -2.67. The molecule has 7 heteroatoms. The second kappa shape index (κ2) is 7.55. The number of aromatic nitrogens is 1. The Morgan fingerprint density at radius 2 is 1.83 bits per heavy atom. The molecule has 2 aromatic rings. The molecular formula is C16H16N2O4S. The van der Waals surface area contributed by atoms with Gasteiger partial charge in [0.05, 0.1) is 14.2 Å². The summed E-state index contributed by atoms with van der Waals surface area (Å²) < 4.78 is 10.3. The van der Waals surface area contributed by atoms with E-state index in [2.05, 4.69) is 10.3 Å². The summed E-state index contributed by atoms with van der Waals surface area (Å²) in [6.45, 7) is 1.43. The van der Waals surface area contributed by atoms with Crippen LogP contribution in [0, 0.1) is 0 Å². The van der Waals surface area contributed by atoms with Gasteiger partial charge in [-0.2, -0.15) is 0 Å². The fourth-order valence-electron chi connectivity index (χ4n) is 1.74. The zero-order valence-electron chi connectivity index (χ0n) is 13.0. The molecule has 0 saturated heterocycles. The normalized spacial score (nSPS) is 10.6. The molecule has 0 aliphatic heterocycles. The van der Waals surface area contributed by atoms with Crippen LogP contribution in [0.25, 0.3) is 6.08 Å². The molecular weight excluding hydrogens is 316 g/mol. The van der Waals surface area contributed by atoms with Crippen molar-refractivity contribution in [3.8, 4) is 11.5 Å². The summed E-state index contributed by atoms with van der Waals surface area (Å²) >= 11 is 1.20. The van der Waals surface area contributed by atoms with Crippen LogP contribution >= 0.6 is 11.3 Å². The van der Waals surface area contributed by atoms with Crippen molar-refractivity contribution in [2.24, 2.45) is 0 Å². The van der Waals surface area contributed by atoms with Crippen LogP contribution in [-0.4, -0.2) is 30.9 Å². The van der Waals surface area contributed by atoms with Crippen LogP contribution in [0.4, 0.5) is 5.13 Å². The summed E-state index contributed by atoms with van der Waals surface area (Å²) in [7, 11) is 3.12. The minimum Gasteiger partial charge on any atom is -0.497 e. The average Bonchev–Trinajstić information content (AvgIpc) is 3.01. The van der Waals surface area contributed by atoms with E-state index in [1.54, 1.807) is 43.9 Å². The molecule has 6 nitrogen and oxygen atoms in total. The Morgan fingerprint density at radius 3 is 2.35 bits per heavy atom. The molecule has 0 aliphatic carbocycles. The topological polar surface area (TPSA) is 77.5 Å². The van der Waals surface area contributed by atoms with Crippen LogP contribution < -0.4 is 14.8 Å². The SMILES string of the molecule is COc1cc(/C=C/C(=O)Nc2nc(C(C)=O)cs2)cc(OC)c1. The van der Waals surface area contributed by atoms with Gasteiger partial charge in [-0.3, -0.25) is 14.9 Å². The first-order valence-electron chi connectivity index (χ1n) is 6.70. The lowest BCUT2D eigenvalue weighted by Gasteiger charge is -2.05. The van der Waals surface area contributed by atoms with Gasteiger partial charge in [0, 0.05) is 24.4 Å². The third-order valence-corrected chi connectivity index (χ3v) is 3.65. The molecule has 1 aromatic heterocycles. The first kappa shape index (κ1) is 16.7. The maximum atomic E-state index is 11.9. The Balaban J connectivity index is 2.06. The predicted molar refractivity (Wildman–Crippen MR) is 89.3 cm³/mol. The number of methoxy groups -OCH3 is 2. The number of hydrogen-bond acceptors (Lipinski definition) is 6. The molecule has 120 valence electrons. The monoisotopic (exact) mass is 332 g/mol. The minimum absolute atomic E-state index is 0.138. The van der Waals surface area contributed by atoms with Crippen LogP contribution in [0.5, 0.6) is 11.5 Å². The Kier molecular flexibility index (Phi) is 5.48. The summed E-state index contributed by atoms with van der Waals surface area (Å²) in [5, 5.41) is 4.60. The molecule has 2 rings (SSSR count). The summed E-state index contributed by atoms with van der Waals surface area (Å²) in [6.07, 6.45) is 3.02. The largest absolute Gasteiger partial charge is 0.497 e. The molecule has 0 unspecified atom stereocenters. The van der Waals surface area contributed by atoms with Gasteiger partial charge in [-0.05, 0) is 23.8 Å². The number of nitrogens with one attached hydrogen (secondary N) is 1. The number of Topliss-reactive ketones (excluding diaryl/α,β-unsaturated/α-hetero) is 1. The molecule has 1 heterocycles. The third kappa shape index (κ3) is 4.65. The molecule has 1 amide bonds. The fourth-order valence-corrected chi connectivity index (χ4v) is 2.49. The number of nitrogens with zero attached hydrogens (tertiary/aromatic N) is 1. The molecule has 0 atom stereocenters. The number of carbonyl (C=O) groups is 2. The Bertz CT molecular complexity index is 730. The number of benzene rings is 1. The van der Waals surface area contributed by atoms with E-state index in [-0.39, 0.29) is 11.7 Å². The van der Waals surface area contributed by atoms with E-state index in [1.807, 2.05) is 0 Å². The van der Waals surface area contributed by atoms with E-state index in [4.69, 9.17) is 9.47 Å². The smallest absolute Gasteiger partial charge is 0.250 e. The first-order valence-corrected chi connectivity index (χ1v) is 7.58. The summed E-state index contributed by atoms with van der Waals surface area (Å²) in [6, 6.07) is 5.31. The summed E-state index contributed by atoms with van der Waals surface area (Å²) in [5.41, 5.74) is 1.10. The lowest BCUT2D eigenvalue weighted by molar-refractivity contribution is -0.111. The summed E-state index contributed by atoms with van der Waals surface area (Å²) in [5.74, 6) is 0.794. The van der Waals surface area contributed by atoms with E-state index in [0.717, 1.165) is 5.56 Å². The second-order valence-corrected chi connectivity index (χ2v) is 5.42. The number of rotatable bonds is 6. The molecule has 1 N–H and O–H groups in total. The predicted octanol–water partition coefficient (Wildman–Crippen LogP) is 3.01. The van der Waals surface area contributed by atoms with E-state index in [1.165, 1.54) is 24.3 Å². The van der Waals surface area contributed by atoms with Crippen molar-refractivity contribution in [2.45, 2.75) is 6.92 Å². The fraction of sp³-hybridized carbons (Fsp3) is 0.188. The molecule has 0 bridgehead atoms. The maximum Gasteiger partial charge on any atom is 0.250 e. The van der Waals surface area contributed by atoms with Gasteiger partial charge in [-0.25, -0.2) is 4.98 Å². The van der Waals surface area contributed by atoms with Crippen molar-refractivity contribution in [1.29, 1.82) is 0 Å². The number of carbonyl (C=O) groups excluding carboxylic acids is 2. The summed E-state index contributed by atoms with van der Waals surface area (Å²) in [4.78, 5) is 27.1. The molecule has 0 saturated carbocycles. The number of anilines is 1. The Labute approximate surface area is 137 Å². The highest BCUT2D eigenvalue weighted by molar-refractivity contribution is 7.14. The van der Waals surface area contributed by atoms with E-state index < -0.39 is 0 Å². The maximum absolute atomic E-state index is 11.9. The van der Waals surface area contributed by atoms with Crippen molar-refractivity contribution >= 4 is 34.2 Å². The number of thiazole rings is 1. The van der Waals surface area contributed by atoms with Gasteiger partial charge >= 0.3 is 0 Å². The van der Waals surface area contributed by atoms with Gasteiger partial charge in [-0.1, -0.05) is 0 Å². The van der Waals surface area contributed by atoms with Crippen molar-refractivity contribution in [3.63, 3.8) is 0 Å².